The summed E-state index contributed by atoms with van der Waals surface area (Å²) in [6.45, 7) is 2.13. The molecule has 1 atom stereocenters. The van der Waals surface area contributed by atoms with Crippen LogP contribution in [0.15, 0.2) is 4.99 Å². The maximum atomic E-state index is 4.30. The molecule has 2 aliphatic rings. The smallest absolute Gasteiger partial charge is 0.191 e. The maximum absolute atomic E-state index is 4.30. The molecule has 2 N–H and O–H groups in total. The average molecular weight is 269 g/mol. The number of hydrogen-bond donors (Lipinski definition) is 2. The molecule has 1 aliphatic carbocycles. The van der Waals surface area contributed by atoms with Crippen LogP contribution in [0.5, 0.6) is 0 Å². The highest BCUT2D eigenvalue weighted by Gasteiger charge is 2.16. The lowest BCUT2D eigenvalue weighted by Gasteiger charge is -2.16. The lowest BCUT2D eigenvalue weighted by atomic mass is 10.0. The summed E-state index contributed by atoms with van der Waals surface area (Å²) in [5.41, 5.74) is 0. The number of aliphatic imine (C=N–C) groups is 1. The number of hydrogen-bond acceptors (Lipinski definition) is 2. The van der Waals surface area contributed by atoms with Crippen LogP contribution in [0, 0.1) is 5.92 Å². The summed E-state index contributed by atoms with van der Waals surface area (Å²) in [7, 11) is 1.87. The van der Waals surface area contributed by atoms with Gasteiger partial charge in [-0.3, -0.25) is 4.99 Å². The zero-order valence-corrected chi connectivity index (χ0v) is 12.4. The van der Waals surface area contributed by atoms with Crippen molar-refractivity contribution in [1.82, 2.24) is 10.6 Å². The van der Waals surface area contributed by atoms with Crippen LogP contribution >= 0.6 is 11.8 Å². The van der Waals surface area contributed by atoms with Crippen molar-refractivity contribution in [3.63, 3.8) is 0 Å². The Hall–Kier alpha value is -0.380. The SMILES string of the molecule is CN=C(NCCC1CCCC1)NCC1CCCS1. The van der Waals surface area contributed by atoms with Crippen molar-refractivity contribution in [2.24, 2.45) is 10.9 Å². The molecule has 1 unspecified atom stereocenters. The number of thioether (sulfide) groups is 1. The van der Waals surface area contributed by atoms with Gasteiger partial charge in [0.1, 0.15) is 0 Å². The van der Waals surface area contributed by atoms with E-state index in [2.05, 4.69) is 27.4 Å². The Morgan fingerprint density at radius 2 is 2.00 bits per heavy atom. The molecule has 0 amide bonds. The Morgan fingerprint density at radius 1 is 1.17 bits per heavy atom. The quantitative estimate of drug-likeness (QED) is 0.595. The van der Waals surface area contributed by atoms with E-state index in [0.717, 1.165) is 30.2 Å². The summed E-state index contributed by atoms with van der Waals surface area (Å²) in [6, 6.07) is 0. The van der Waals surface area contributed by atoms with Crippen molar-refractivity contribution in [2.45, 2.75) is 50.2 Å². The van der Waals surface area contributed by atoms with Gasteiger partial charge in [-0.05, 0) is 30.9 Å². The molecule has 1 saturated heterocycles. The largest absolute Gasteiger partial charge is 0.356 e. The molecule has 4 heteroatoms. The van der Waals surface area contributed by atoms with E-state index in [1.165, 1.54) is 50.7 Å². The van der Waals surface area contributed by atoms with E-state index in [1.54, 1.807) is 0 Å². The molecule has 1 heterocycles. The molecule has 0 spiro atoms. The Labute approximate surface area is 116 Å². The highest BCUT2D eigenvalue weighted by atomic mass is 32.2. The molecule has 0 aromatic heterocycles. The Bertz CT molecular complexity index is 256. The summed E-state index contributed by atoms with van der Waals surface area (Å²) in [4.78, 5) is 4.30. The van der Waals surface area contributed by atoms with Crippen LogP contribution in [0.25, 0.3) is 0 Å². The normalized spacial score (nSPS) is 25.6. The zero-order valence-electron chi connectivity index (χ0n) is 11.6. The predicted molar refractivity (Wildman–Crippen MR) is 81.4 cm³/mol. The van der Waals surface area contributed by atoms with Crippen molar-refractivity contribution in [1.29, 1.82) is 0 Å². The van der Waals surface area contributed by atoms with Crippen LogP contribution in [-0.2, 0) is 0 Å². The highest BCUT2D eigenvalue weighted by molar-refractivity contribution is 8.00. The third-order valence-electron chi connectivity index (χ3n) is 4.06. The van der Waals surface area contributed by atoms with Crippen LogP contribution in [0.1, 0.15) is 44.9 Å². The average Bonchev–Trinajstić information content (AvgIpc) is 3.06. The molecular weight excluding hydrogens is 242 g/mol. The predicted octanol–water partition coefficient (Wildman–Crippen LogP) is 2.63. The number of guanidine groups is 1. The standard InChI is InChI=1S/C14H27N3S/c1-15-14(17-11-13-7-4-10-18-13)16-9-8-12-5-2-3-6-12/h12-13H,2-11H2,1H3,(H2,15,16,17). The fourth-order valence-corrected chi connectivity index (χ4v) is 4.13. The van der Waals surface area contributed by atoms with Gasteiger partial charge in [0.2, 0.25) is 0 Å². The highest BCUT2D eigenvalue weighted by Crippen LogP contribution is 2.27. The Kier molecular flexibility index (Phi) is 6.18. The van der Waals surface area contributed by atoms with Gasteiger partial charge in [-0.2, -0.15) is 11.8 Å². The van der Waals surface area contributed by atoms with E-state index < -0.39 is 0 Å². The second kappa shape index (κ2) is 7.93. The van der Waals surface area contributed by atoms with Gasteiger partial charge in [0.25, 0.3) is 0 Å². The fraction of sp³-hybridized carbons (Fsp3) is 0.929. The molecule has 0 aromatic carbocycles. The lowest BCUT2D eigenvalue weighted by molar-refractivity contribution is 0.498. The van der Waals surface area contributed by atoms with E-state index in [0.29, 0.717) is 0 Å². The molecule has 104 valence electrons. The molecule has 1 aliphatic heterocycles. The first-order valence-electron chi connectivity index (χ1n) is 7.44. The second-order valence-corrected chi connectivity index (χ2v) is 6.86. The number of nitrogens with one attached hydrogen (secondary N) is 2. The first-order valence-corrected chi connectivity index (χ1v) is 8.49. The number of rotatable bonds is 5. The van der Waals surface area contributed by atoms with Crippen molar-refractivity contribution in [3.8, 4) is 0 Å². The molecule has 18 heavy (non-hydrogen) atoms. The van der Waals surface area contributed by atoms with Gasteiger partial charge in [-0.15, -0.1) is 0 Å². The van der Waals surface area contributed by atoms with Crippen LogP contribution in [0.3, 0.4) is 0 Å². The summed E-state index contributed by atoms with van der Waals surface area (Å²) in [5.74, 6) is 3.28. The van der Waals surface area contributed by atoms with Gasteiger partial charge < -0.3 is 10.6 Å². The second-order valence-electron chi connectivity index (χ2n) is 5.45. The van der Waals surface area contributed by atoms with Crippen LogP contribution in [-0.4, -0.2) is 37.1 Å². The van der Waals surface area contributed by atoms with Crippen molar-refractivity contribution >= 4 is 17.7 Å². The molecule has 0 bridgehead atoms. The molecule has 0 aromatic rings. The number of nitrogens with zero attached hydrogens (tertiary/aromatic N) is 1. The summed E-state index contributed by atoms with van der Waals surface area (Å²) in [6.07, 6.45) is 9.80. The van der Waals surface area contributed by atoms with Crippen molar-refractivity contribution in [3.05, 3.63) is 0 Å². The third kappa shape index (κ3) is 4.71. The summed E-state index contributed by atoms with van der Waals surface area (Å²) < 4.78 is 0. The van der Waals surface area contributed by atoms with Crippen LogP contribution in [0.4, 0.5) is 0 Å². The topological polar surface area (TPSA) is 36.4 Å². The fourth-order valence-electron chi connectivity index (χ4n) is 2.93. The van der Waals surface area contributed by atoms with Gasteiger partial charge in [0.15, 0.2) is 5.96 Å². The molecule has 1 saturated carbocycles. The van der Waals surface area contributed by atoms with Crippen LogP contribution < -0.4 is 10.6 Å². The van der Waals surface area contributed by atoms with Crippen LogP contribution in [0.2, 0.25) is 0 Å². The van der Waals surface area contributed by atoms with Crippen molar-refractivity contribution in [2.75, 3.05) is 25.9 Å². The van der Waals surface area contributed by atoms with E-state index in [9.17, 15) is 0 Å². The van der Waals surface area contributed by atoms with Gasteiger partial charge in [-0.25, -0.2) is 0 Å². The summed E-state index contributed by atoms with van der Waals surface area (Å²) in [5, 5.41) is 7.69. The minimum Gasteiger partial charge on any atom is -0.356 e. The van der Waals surface area contributed by atoms with Gasteiger partial charge in [-0.1, -0.05) is 25.7 Å². The Balaban J connectivity index is 1.56. The Morgan fingerprint density at radius 3 is 2.67 bits per heavy atom. The van der Waals surface area contributed by atoms with Crippen molar-refractivity contribution < 1.29 is 0 Å². The first kappa shape index (κ1) is 14.0. The minimum atomic E-state index is 0.790. The third-order valence-corrected chi connectivity index (χ3v) is 5.46. The zero-order chi connectivity index (χ0) is 12.6. The molecule has 0 radical (unpaired) electrons. The molecule has 3 nitrogen and oxygen atoms in total. The minimum absolute atomic E-state index is 0.790. The summed E-state index contributed by atoms with van der Waals surface area (Å²) >= 11 is 2.09. The monoisotopic (exact) mass is 269 g/mol. The maximum Gasteiger partial charge on any atom is 0.191 e. The van der Waals surface area contributed by atoms with Gasteiger partial charge in [0.05, 0.1) is 0 Å². The van der Waals surface area contributed by atoms with Gasteiger partial charge in [0, 0.05) is 25.4 Å². The van der Waals surface area contributed by atoms with E-state index >= 15 is 0 Å². The first-order chi connectivity index (χ1) is 8.88. The van der Waals surface area contributed by atoms with Gasteiger partial charge >= 0.3 is 0 Å². The van der Waals surface area contributed by atoms with E-state index in [1.807, 2.05) is 7.05 Å². The van der Waals surface area contributed by atoms with E-state index in [4.69, 9.17) is 0 Å². The lowest BCUT2D eigenvalue weighted by Crippen LogP contribution is -2.40. The van der Waals surface area contributed by atoms with E-state index in [-0.39, 0.29) is 0 Å². The molecule has 2 rings (SSSR count). The molecular formula is C14H27N3S. The molecule has 2 fully saturated rings.